The van der Waals surface area contributed by atoms with Gasteiger partial charge in [-0.15, -0.1) is 0 Å². The average Bonchev–Trinajstić information content (AvgIpc) is 3.23. The number of carbonyl (C=O) groups is 1. The molecule has 1 aromatic carbocycles. The topological polar surface area (TPSA) is 73.0 Å². The first-order valence-corrected chi connectivity index (χ1v) is 12.7. The lowest BCUT2D eigenvalue weighted by Gasteiger charge is -2.45. The van der Waals surface area contributed by atoms with E-state index in [2.05, 4.69) is 34.1 Å². The molecular formula is C27H40N2O5. The first-order chi connectivity index (χ1) is 16.7. The Labute approximate surface area is 203 Å². The van der Waals surface area contributed by atoms with Crippen LogP contribution in [-0.4, -0.2) is 75.8 Å². The maximum absolute atomic E-state index is 12.0. The molecule has 2 aromatic rings. The number of esters is 1. The smallest absolute Gasteiger partial charge is 0.305 e. The maximum Gasteiger partial charge on any atom is 0.305 e. The number of para-hydroxylation sites is 1. The Bertz CT molecular complexity index is 914. The minimum absolute atomic E-state index is 0.119. The molecule has 7 heteroatoms. The Morgan fingerprint density at radius 3 is 2.79 bits per heavy atom. The number of aromatic amines is 1. The fourth-order valence-electron chi connectivity index (χ4n) is 5.90. The number of piperidine rings is 1. The van der Waals surface area contributed by atoms with Gasteiger partial charge in [0.15, 0.2) is 0 Å². The van der Waals surface area contributed by atoms with Crippen LogP contribution in [0.2, 0.25) is 0 Å². The number of hydrogen-bond donors (Lipinski definition) is 1. The molecule has 2 aliphatic rings. The van der Waals surface area contributed by atoms with Gasteiger partial charge in [0.1, 0.15) is 6.79 Å². The van der Waals surface area contributed by atoms with Crippen LogP contribution in [0.1, 0.15) is 43.4 Å². The van der Waals surface area contributed by atoms with Gasteiger partial charge in [-0.3, -0.25) is 9.69 Å². The Balaban J connectivity index is 1.43. The first-order valence-electron chi connectivity index (χ1n) is 12.7. The number of aromatic nitrogens is 1. The summed E-state index contributed by atoms with van der Waals surface area (Å²) in [6, 6.07) is 9.04. The Hall–Kier alpha value is -1.93. The van der Waals surface area contributed by atoms with Crippen molar-refractivity contribution in [3.05, 3.63) is 35.5 Å². The van der Waals surface area contributed by atoms with Crippen molar-refractivity contribution in [3.8, 4) is 0 Å². The van der Waals surface area contributed by atoms with Crippen LogP contribution in [0.4, 0.5) is 0 Å². The number of aryl methyl sites for hydroxylation is 1. The number of nitrogens with one attached hydrogen (secondary N) is 1. The van der Waals surface area contributed by atoms with Gasteiger partial charge in [0, 0.05) is 55.9 Å². The van der Waals surface area contributed by atoms with Crippen molar-refractivity contribution in [2.75, 3.05) is 53.9 Å². The molecule has 2 aliphatic heterocycles. The first kappa shape index (κ1) is 25.2. The zero-order chi connectivity index (χ0) is 23.8. The summed E-state index contributed by atoms with van der Waals surface area (Å²) in [5.74, 6) is 1.05. The SMILES string of the molecule is COCCOCOCCC1CC2CCc3[nH]c4ccccc4c3CCN(C2)C1CCC(=O)OC. The van der Waals surface area contributed by atoms with E-state index < -0.39 is 0 Å². The molecule has 0 spiro atoms. The third kappa shape index (κ3) is 6.39. The Morgan fingerprint density at radius 2 is 1.94 bits per heavy atom. The average molecular weight is 473 g/mol. The Morgan fingerprint density at radius 1 is 1.09 bits per heavy atom. The predicted octanol–water partition coefficient (Wildman–Crippen LogP) is 3.94. The molecule has 4 unspecified atom stereocenters. The number of rotatable bonds is 11. The van der Waals surface area contributed by atoms with E-state index in [4.69, 9.17) is 18.9 Å². The van der Waals surface area contributed by atoms with Crippen molar-refractivity contribution in [3.63, 3.8) is 0 Å². The summed E-state index contributed by atoms with van der Waals surface area (Å²) in [4.78, 5) is 18.3. The van der Waals surface area contributed by atoms with Crippen molar-refractivity contribution < 1.29 is 23.7 Å². The Kier molecular flexibility index (Phi) is 9.39. The molecule has 1 fully saturated rings. The molecule has 0 saturated carbocycles. The second kappa shape index (κ2) is 12.7. The second-order valence-corrected chi connectivity index (χ2v) is 9.67. The second-order valence-electron chi connectivity index (χ2n) is 9.67. The van der Waals surface area contributed by atoms with Gasteiger partial charge in [0.25, 0.3) is 0 Å². The fraction of sp³-hybridized carbons (Fsp3) is 0.667. The molecule has 4 rings (SSSR count). The molecule has 3 heterocycles. The molecule has 0 radical (unpaired) electrons. The molecule has 1 N–H and O–H groups in total. The number of methoxy groups -OCH3 is 2. The van der Waals surface area contributed by atoms with Gasteiger partial charge < -0.3 is 23.9 Å². The highest BCUT2D eigenvalue weighted by Crippen LogP contribution is 2.37. The molecule has 4 atom stereocenters. The predicted molar refractivity (Wildman–Crippen MR) is 132 cm³/mol. The maximum atomic E-state index is 12.0. The standard InChI is InChI=1S/C27H40N2O5/c1-31-15-16-34-19-33-14-12-21-17-20-7-8-25-23(22-5-3-4-6-24(22)28-25)11-13-29(18-20)26(21)9-10-27(30)32-2/h3-6,20-21,26,28H,7-19H2,1-2H3. The van der Waals surface area contributed by atoms with Crippen molar-refractivity contribution in [2.45, 2.75) is 51.0 Å². The van der Waals surface area contributed by atoms with E-state index in [0.29, 0.717) is 50.9 Å². The molecule has 188 valence electrons. The van der Waals surface area contributed by atoms with Crippen molar-refractivity contribution in [2.24, 2.45) is 11.8 Å². The zero-order valence-corrected chi connectivity index (χ0v) is 20.7. The van der Waals surface area contributed by atoms with Crippen LogP contribution >= 0.6 is 0 Å². The fourth-order valence-corrected chi connectivity index (χ4v) is 5.90. The molecule has 1 saturated heterocycles. The van der Waals surface area contributed by atoms with Crippen LogP contribution in [0.3, 0.4) is 0 Å². The monoisotopic (exact) mass is 472 g/mol. The molecule has 0 amide bonds. The van der Waals surface area contributed by atoms with Gasteiger partial charge in [-0.05, 0) is 62.0 Å². The number of nitrogens with zero attached hydrogens (tertiary/aromatic N) is 1. The molecule has 1 aromatic heterocycles. The quantitative estimate of drug-likeness (QED) is 0.303. The molecule has 2 bridgehead atoms. The summed E-state index contributed by atoms with van der Waals surface area (Å²) < 4.78 is 21.2. The number of fused-ring (bicyclic) bond motifs is 5. The summed E-state index contributed by atoms with van der Waals surface area (Å²) in [6.07, 6.45) is 6.82. The van der Waals surface area contributed by atoms with Crippen LogP contribution in [0.15, 0.2) is 24.3 Å². The number of H-pyrrole nitrogens is 1. The lowest BCUT2D eigenvalue weighted by Crippen LogP contribution is -2.49. The summed E-state index contributed by atoms with van der Waals surface area (Å²) in [5.41, 5.74) is 4.13. The summed E-state index contributed by atoms with van der Waals surface area (Å²) in [5, 5.41) is 1.36. The van der Waals surface area contributed by atoms with E-state index in [1.807, 2.05) is 0 Å². The number of carbonyl (C=O) groups excluding carboxylic acids is 1. The van der Waals surface area contributed by atoms with E-state index in [-0.39, 0.29) is 5.97 Å². The summed E-state index contributed by atoms with van der Waals surface area (Å²) in [7, 11) is 3.15. The third-order valence-electron chi connectivity index (χ3n) is 7.60. The molecule has 7 nitrogen and oxygen atoms in total. The van der Waals surface area contributed by atoms with Crippen LogP contribution in [0.25, 0.3) is 10.9 Å². The van der Waals surface area contributed by atoms with Gasteiger partial charge in [-0.2, -0.15) is 0 Å². The van der Waals surface area contributed by atoms with Gasteiger partial charge in [0.05, 0.1) is 20.3 Å². The van der Waals surface area contributed by atoms with Crippen LogP contribution in [0.5, 0.6) is 0 Å². The number of hydrogen-bond acceptors (Lipinski definition) is 6. The number of benzene rings is 1. The van der Waals surface area contributed by atoms with Crippen molar-refractivity contribution in [1.82, 2.24) is 9.88 Å². The van der Waals surface area contributed by atoms with Crippen LogP contribution < -0.4 is 0 Å². The summed E-state index contributed by atoms with van der Waals surface area (Å²) in [6.45, 7) is 4.25. The van der Waals surface area contributed by atoms with Crippen molar-refractivity contribution >= 4 is 16.9 Å². The van der Waals surface area contributed by atoms with E-state index in [9.17, 15) is 4.79 Å². The van der Waals surface area contributed by atoms with Crippen LogP contribution in [0, 0.1) is 11.8 Å². The lowest BCUT2D eigenvalue weighted by atomic mass is 9.78. The highest BCUT2D eigenvalue weighted by Gasteiger charge is 2.36. The van der Waals surface area contributed by atoms with E-state index in [1.54, 1.807) is 7.11 Å². The normalized spacial score (nSPS) is 24.8. The minimum atomic E-state index is -0.119. The van der Waals surface area contributed by atoms with E-state index >= 15 is 0 Å². The van der Waals surface area contributed by atoms with Gasteiger partial charge in [-0.25, -0.2) is 0 Å². The molecule has 0 aliphatic carbocycles. The lowest BCUT2D eigenvalue weighted by molar-refractivity contribution is -0.141. The van der Waals surface area contributed by atoms with Gasteiger partial charge >= 0.3 is 5.97 Å². The highest BCUT2D eigenvalue weighted by atomic mass is 16.7. The summed E-state index contributed by atoms with van der Waals surface area (Å²) >= 11 is 0. The van der Waals surface area contributed by atoms with E-state index in [1.165, 1.54) is 42.1 Å². The van der Waals surface area contributed by atoms with Crippen molar-refractivity contribution in [1.29, 1.82) is 0 Å². The number of ether oxygens (including phenoxy) is 4. The zero-order valence-electron chi connectivity index (χ0n) is 20.7. The largest absolute Gasteiger partial charge is 0.469 e. The van der Waals surface area contributed by atoms with Crippen LogP contribution in [-0.2, 0) is 36.6 Å². The van der Waals surface area contributed by atoms with E-state index in [0.717, 1.165) is 38.8 Å². The molecule has 34 heavy (non-hydrogen) atoms. The van der Waals surface area contributed by atoms with Gasteiger partial charge in [-0.1, -0.05) is 18.2 Å². The molecular weight excluding hydrogens is 432 g/mol. The highest BCUT2D eigenvalue weighted by molar-refractivity contribution is 5.84. The minimum Gasteiger partial charge on any atom is -0.469 e. The third-order valence-corrected chi connectivity index (χ3v) is 7.60. The van der Waals surface area contributed by atoms with Gasteiger partial charge in [0.2, 0.25) is 0 Å².